The molecule has 1 aromatic carbocycles. The van der Waals surface area contributed by atoms with Crippen LogP contribution < -0.4 is 4.52 Å². The van der Waals surface area contributed by atoms with Crippen LogP contribution in [0.2, 0.25) is 0 Å². The number of hydrogen-bond acceptors (Lipinski definition) is 3. The Kier molecular flexibility index (Phi) is 8.58. The van der Waals surface area contributed by atoms with Crippen LogP contribution in [0.1, 0.15) is 80.4 Å². The van der Waals surface area contributed by atoms with Crippen molar-refractivity contribution in [3.63, 3.8) is 0 Å². The Morgan fingerprint density at radius 3 is 1.35 bits per heavy atom. The first kappa shape index (κ1) is 23.4. The zero-order valence-electron chi connectivity index (χ0n) is 18.8. The molecule has 0 atom stereocenters. The van der Waals surface area contributed by atoms with Gasteiger partial charge in [0.1, 0.15) is 5.75 Å². The van der Waals surface area contributed by atoms with Crippen molar-refractivity contribution in [2.45, 2.75) is 80.1 Å². The van der Waals surface area contributed by atoms with Gasteiger partial charge in [-0.2, -0.15) is 0 Å². The molecule has 150 valence electrons. The van der Waals surface area contributed by atoms with E-state index in [0.717, 1.165) is 31.9 Å². The van der Waals surface area contributed by atoms with Crippen LogP contribution in [0.25, 0.3) is 0 Å². The van der Waals surface area contributed by atoms with Gasteiger partial charge in [-0.15, -0.1) is 0 Å². The summed E-state index contributed by atoms with van der Waals surface area (Å²) in [5.74, 6) is 1.09. The Morgan fingerprint density at radius 1 is 0.731 bits per heavy atom. The van der Waals surface area contributed by atoms with Crippen molar-refractivity contribution in [2.75, 3.05) is 26.2 Å². The molecule has 1 rings (SSSR count). The van der Waals surface area contributed by atoms with Gasteiger partial charge >= 0.3 is 0 Å². The summed E-state index contributed by atoms with van der Waals surface area (Å²) in [5.41, 5.74) is 2.70. The van der Waals surface area contributed by atoms with E-state index in [1.165, 1.54) is 11.1 Å². The molecule has 0 saturated heterocycles. The van der Waals surface area contributed by atoms with E-state index >= 15 is 0 Å². The van der Waals surface area contributed by atoms with Crippen molar-refractivity contribution in [3.8, 4) is 5.75 Å². The highest BCUT2D eigenvalue weighted by molar-refractivity contribution is 7.47. The number of nitrogens with zero attached hydrogens (tertiary/aromatic N) is 2. The van der Waals surface area contributed by atoms with Crippen molar-refractivity contribution in [1.82, 2.24) is 9.34 Å². The SMILES string of the molecule is CCN(CC)P(Oc1c(C(C)(C)C)cccc1C(C)(C)C)N(CC)CC. The van der Waals surface area contributed by atoms with Gasteiger partial charge in [-0.3, -0.25) is 0 Å². The summed E-state index contributed by atoms with van der Waals surface area (Å²) in [7, 11) is -0.824. The fourth-order valence-electron chi connectivity index (χ4n) is 3.12. The largest absolute Gasteiger partial charge is 0.444 e. The highest BCUT2D eigenvalue weighted by Crippen LogP contribution is 2.50. The van der Waals surface area contributed by atoms with Gasteiger partial charge in [-0.25, -0.2) is 9.34 Å². The molecule has 0 radical (unpaired) electrons. The van der Waals surface area contributed by atoms with Crippen molar-refractivity contribution in [3.05, 3.63) is 29.3 Å². The topological polar surface area (TPSA) is 15.7 Å². The Balaban J connectivity index is 3.54. The van der Waals surface area contributed by atoms with E-state index in [2.05, 4.69) is 96.8 Å². The Bertz CT molecular complexity index is 508. The van der Waals surface area contributed by atoms with Gasteiger partial charge in [0.15, 0.2) is 0 Å². The zero-order chi connectivity index (χ0) is 20.1. The van der Waals surface area contributed by atoms with Crippen molar-refractivity contribution >= 4 is 8.45 Å². The normalized spacial score (nSPS) is 13.1. The summed E-state index contributed by atoms with van der Waals surface area (Å²) in [6.45, 7) is 26.6. The predicted molar refractivity (Wildman–Crippen MR) is 117 cm³/mol. The predicted octanol–water partition coefficient (Wildman–Crippen LogP) is 6.57. The van der Waals surface area contributed by atoms with E-state index in [-0.39, 0.29) is 10.8 Å². The minimum Gasteiger partial charge on any atom is -0.444 e. The average molecular weight is 381 g/mol. The van der Waals surface area contributed by atoms with Gasteiger partial charge in [0, 0.05) is 37.3 Å². The highest BCUT2D eigenvalue weighted by atomic mass is 31.2. The van der Waals surface area contributed by atoms with Gasteiger partial charge < -0.3 is 4.52 Å². The lowest BCUT2D eigenvalue weighted by molar-refractivity contribution is 0.353. The number of benzene rings is 1. The molecule has 0 aliphatic carbocycles. The van der Waals surface area contributed by atoms with E-state index in [1.54, 1.807) is 0 Å². The van der Waals surface area contributed by atoms with Crippen LogP contribution in [0.5, 0.6) is 5.75 Å². The third-order valence-corrected chi connectivity index (χ3v) is 7.19. The highest BCUT2D eigenvalue weighted by Gasteiger charge is 2.32. The average Bonchev–Trinajstić information content (AvgIpc) is 2.55. The first-order valence-electron chi connectivity index (χ1n) is 10.1. The first-order chi connectivity index (χ1) is 12.0. The standard InChI is InChI=1S/C22H41N2OP/c1-11-23(12-2)26(24(13-3)14-4)25-20-18(21(5,6)7)16-15-17-19(20)22(8,9)10/h15-17H,11-14H2,1-10H3. The lowest BCUT2D eigenvalue weighted by Gasteiger charge is -2.38. The molecular weight excluding hydrogens is 339 g/mol. The Labute approximate surface area is 164 Å². The molecule has 3 nitrogen and oxygen atoms in total. The molecule has 0 amide bonds. The minimum absolute atomic E-state index is 0.0457. The summed E-state index contributed by atoms with van der Waals surface area (Å²) >= 11 is 0. The molecule has 0 saturated carbocycles. The maximum absolute atomic E-state index is 6.93. The van der Waals surface area contributed by atoms with Gasteiger partial charge in [0.2, 0.25) is 8.45 Å². The molecule has 1 aromatic rings. The molecule has 0 aliphatic rings. The summed E-state index contributed by atoms with van der Waals surface area (Å²) < 4.78 is 11.9. The Hall–Kier alpha value is -0.630. The summed E-state index contributed by atoms with van der Waals surface area (Å²) in [6.07, 6.45) is 0. The quantitative estimate of drug-likeness (QED) is 0.474. The van der Waals surface area contributed by atoms with Gasteiger partial charge in [-0.05, 0) is 10.8 Å². The summed E-state index contributed by atoms with van der Waals surface area (Å²) in [4.78, 5) is 0. The summed E-state index contributed by atoms with van der Waals surface area (Å²) in [6, 6.07) is 6.66. The lowest BCUT2D eigenvalue weighted by Crippen LogP contribution is -2.32. The smallest absolute Gasteiger partial charge is 0.248 e. The Morgan fingerprint density at radius 2 is 1.08 bits per heavy atom. The maximum atomic E-state index is 6.93. The molecule has 0 N–H and O–H groups in total. The molecule has 0 heterocycles. The van der Waals surface area contributed by atoms with Crippen LogP contribution in [-0.2, 0) is 10.8 Å². The van der Waals surface area contributed by atoms with Crippen molar-refractivity contribution in [2.24, 2.45) is 0 Å². The van der Waals surface area contributed by atoms with Crippen molar-refractivity contribution in [1.29, 1.82) is 0 Å². The zero-order valence-corrected chi connectivity index (χ0v) is 19.7. The third-order valence-electron chi connectivity index (χ3n) is 4.75. The lowest BCUT2D eigenvalue weighted by atomic mass is 9.80. The van der Waals surface area contributed by atoms with E-state index in [0.29, 0.717) is 0 Å². The number of para-hydroxylation sites is 1. The van der Waals surface area contributed by atoms with E-state index in [4.69, 9.17) is 4.52 Å². The van der Waals surface area contributed by atoms with Crippen LogP contribution in [0.4, 0.5) is 0 Å². The molecule has 0 aromatic heterocycles. The van der Waals surface area contributed by atoms with Crippen LogP contribution in [-0.4, -0.2) is 35.5 Å². The van der Waals surface area contributed by atoms with Crippen LogP contribution in [0.3, 0.4) is 0 Å². The monoisotopic (exact) mass is 380 g/mol. The van der Waals surface area contributed by atoms with Gasteiger partial charge in [0.25, 0.3) is 0 Å². The molecular formula is C22H41N2OP. The molecule has 0 aliphatic heterocycles. The van der Waals surface area contributed by atoms with Crippen LogP contribution >= 0.6 is 8.45 Å². The van der Waals surface area contributed by atoms with E-state index in [1.807, 2.05) is 0 Å². The number of hydrogen-bond donors (Lipinski definition) is 0. The molecule has 0 unspecified atom stereocenters. The molecule has 0 fully saturated rings. The van der Waals surface area contributed by atoms with Gasteiger partial charge in [0.05, 0.1) is 0 Å². The molecule has 0 bridgehead atoms. The van der Waals surface area contributed by atoms with E-state index in [9.17, 15) is 0 Å². The summed E-state index contributed by atoms with van der Waals surface area (Å²) in [5, 5.41) is 0. The maximum Gasteiger partial charge on any atom is 0.248 e. The number of rotatable bonds is 8. The van der Waals surface area contributed by atoms with Gasteiger partial charge in [-0.1, -0.05) is 87.4 Å². The first-order valence-corrected chi connectivity index (χ1v) is 11.3. The van der Waals surface area contributed by atoms with Crippen LogP contribution in [0.15, 0.2) is 18.2 Å². The fourth-order valence-corrected chi connectivity index (χ4v) is 5.04. The third kappa shape index (κ3) is 5.68. The minimum atomic E-state index is -0.824. The second kappa shape index (κ2) is 9.53. The molecule has 0 spiro atoms. The van der Waals surface area contributed by atoms with E-state index < -0.39 is 8.45 Å². The molecule has 4 heteroatoms. The van der Waals surface area contributed by atoms with Crippen LogP contribution in [0, 0.1) is 0 Å². The molecule has 26 heavy (non-hydrogen) atoms. The second-order valence-electron chi connectivity index (χ2n) is 8.80. The van der Waals surface area contributed by atoms with Crippen molar-refractivity contribution < 1.29 is 4.52 Å². The fraction of sp³-hybridized carbons (Fsp3) is 0.727. The second-order valence-corrected chi connectivity index (χ2v) is 10.6.